The smallest absolute Gasteiger partial charge is 0.161 e. The number of rotatable bonds is 4. The summed E-state index contributed by atoms with van der Waals surface area (Å²) in [5.41, 5.74) is 2.10. The number of hydrogen-bond acceptors (Lipinski definition) is 5. The minimum atomic E-state index is 0.0194. The van der Waals surface area contributed by atoms with Gasteiger partial charge in [0.05, 0.1) is 18.2 Å². The first-order valence-electron chi connectivity index (χ1n) is 7.29. The number of benzene rings is 1. The molecule has 21 heavy (non-hydrogen) atoms. The molecular formula is C16H21N3O2. The first-order valence-corrected chi connectivity index (χ1v) is 7.29. The Morgan fingerprint density at radius 1 is 1.33 bits per heavy atom. The molecule has 2 rings (SSSR count). The molecule has 5 heteroatoms. The molecule has 112 valence electrons. The van der Waals surface area contributed by atoms with Crippen molar-refractivity contribution < 1.29 is 9.90 Å². The Balaban J connectivity index is 2.24. The summed E-state index contributed by atoms with van der Waals surface area (Å²) in [5, 5.41) is 18.1. The molecule has 1 aromatic carbocycles. The van der Waals surface area contributed by atoms with Crippen LogP contribution in [-0.4, -0.2) is 55.1 Å². The van der Waals surface area contributed by atoms with E-state index in [2.05, 4.69) is 15.9 Å². The van der Waals surface area contributed by atoms with Crippen LogP contribution in [0.4, 0.5) is 5.69 Å². The van der Waals surface area contributed by atoms with Crippen molar-refractivity contribution in [3.05, 3.63) is 29.3 Å². The lowest BCUT2D eigenvalue weighted by Gasteiger charge is -2.25. The Bertz CT molecular complexity index is 551. The molecule has 1 heterocycles. The van der Waals surface area contributed by atoms with E-state index in [1.54, 1.807) is 25.1 Å². The normalized spacial score (nSPS) is 16.3. The number of aliphatic hydroxyl groups excluding tert-OH is 1. The minimum Gasteiger partial charge on any atom is -0.395 e. The van der Waals surface area contributed by atoms with Gasteiger partial charge in [0.1, 0.15) is 0 Å². The fraction of sp³-hybridized carbons (Fsp3) is 0.500. The zero-order valence-corrected chi connectivity index (χ0v) is 12.4. The first-order chi connectivity index (χ1) is 10.2. The number of nitriles is 1. The highest BCUT2D eigenvalue weighted by Gasteiger charge is 2.19. The van der Waals surface area contributed by atoms with Crippen molar-refractivity contribution in [3.63, 3.8) is 0 Å². The molecule has 0 amide bonds. The highest BCUT2D eigenvalue weighted by molar-refractivity contribution is 6.00. The summed E-state index contributed by atoms with van der Waals surface area (Å²) < 4.78 is 0. The number of carbonyl (C=O) groups excluding carboxylic acids is 1. The van der Waals surface area contributed by atoms with Crippen molar-refractivity contribution in [1.29, 1.82) is 5.26 Å². The second-order valence-corrected chi connectivity index (χ2v) is 5.31. The molecule has 0 unspecified atom stereocenters. The van der Waals surface area contributed by atoms with Gasteiger partial charge in [0.25, 0.3) is 0 Å². The van der Waals surface area contributed by atoms with Gasteiger partial charge < -0.3 is 10.0 Å². The van der Waals surface area contributed by atoms with Gasteiger partial charge in [0.2, 0.25) is 0 Å². The number of anilines is 1. The molecule has 0 aliphatic carbocycles. The Labute approximate surface area is 125 Å². The van der Waals surface area contributed by atoms with Crippen molar-refractivity contribution in [2.45, 2.75) is 13.3 Å². The lowest BCUT2D eigenvalue weighted by atomic mass is 10.1. The molecular weight excluding hydrogens is 266 g/mol. The van der Waals surface area contributed by atoms with Gasteiger partial charge in [-0.1, -0.05) is 0 Å². The van der Waals surface area contributed by atoms with E-state index in [-0.39, 0.29) is 12.4 Å². The van der Waals surface area contributed by atoms with E-state index in [1.807, 2.05) is 0 Å². The van der Waals surface area contributed by atoms with E-state index in [9.17, 15) is 4.79 Å². The van der Waals surface area contributed by atoms with Crippen LogP contribution in [0.15, 0.2) is 18.2 Å². The predicted molar refractivity (Wildman–Crippen MR) is 81.5 cm³/mol. The molecule has 0 spiro atoms. The van der Waals surface area contributed by atoms with E-state index < -0.39 is 0 Å². The highest BCUT2D eigenvalue weighted by atomic mass is 16.3. The van der Waals surface area contributed by atoms with Crippen LogP contribution in [0.25, 0.3) is 0 Å². The van der Waals surface area contributed by atoms with E-state index in [4.69, 9.17) is 10.4 Å². The van der Waals surface area contributed by atoms with E-state index in [1.165, 1.54) is 0 Å². The molecule has 0 bridgehead atoms. The number of Topliss-reactive ketones (excluding diaryl/α,β-unsaturated/α-hetero) is 1. The Morgan fingerprint density at radius 2 is 2.14 bits per heavy atom. The third-order valence-electron chi connectivity index (χ3n) is 3.85. The number of β-amino-alcohol motifs (C(OH)–C–C–N with tert-alkyl or cyclic N) is 1. The van der Waals surface area contributed by atoms with Gasteiger partial charge in [0.15, 0.2) is 5.78 Å². The summed E-state index contributed by atoms with van der Waals surface area (Å²) in [6.07, 6.45) is 0.980. The summed E-state index contributed by atoms with van der Waals surface area (Å²) in [4.78, 5) is 16.2. The monoisotopic (exact) mass is 287 g/mol. The molecule has 1 saturated heterocycles. The average molecular weight is 287 g/mol. The molecule has 0 atom stereocenters. The quantitative estimate of drug-likeness (QED) is 0.845. The largest absolute Gasteiger partial charge is 0.395 e. The molecule has 0 aromatic heterocycles. The van der Waals surface area contributed by atoms with E-state index in [0.717, 1.165) is 38.3 Å². The molecule has 0 saturated carbocycles. The molecule has 0 radical (unpaired) electrons. The molecule has 1 aliphatic rings. The van der Waals surface area contributed by atoms with Crippen molar-refractivity contribution in [3.8, 4) is 6.07 Å². The third-order valence-corrected chi connectivity index (χ3v) is 3.85. The van der Waals surface area contributed by atoms with E-state index >= 15 is 0 Å². The fourth-order valence-corrected chi connectivity index (χ4v) is 2.74. The SMILES string of the molecule is CC(=O)c1ccc(C#N)cc1N1CCCN(CCO)CC1. The molecule has 1 N–H and O–H groups in total. The van der Waals surface area contributed by atoms with Gasteiger partial charge in [0, 0.05) is 37.4 Å². The van der Waals surface area contributed by atoms with Crippen LogP contribution >= 0.6 is 0 Å². The third kappa shape index (κ3) is 3.81. The van der Waals surface area contributed by atoms with Gasteiger partial charge >= 0.3 is 0 Å². The lowest BCUT2D eigenvalue weighted by molar-refractivity contribution is 0.101. The van der Waals surface area contributed by atoms with Crippen molar-refractivity contribution in [1.82, 2.24) is 4.90 Å². The van der Waals surface area contributed by atoms with Gasteiger partial charge in [-0.2, -0.15) is 5.26 Å². The average Bonchev–Trinajstić information content (AvgIpc) is 2.72. The maximum Gasteiger partial charge on any atom is 0.161 e. The first kappa shape index (κ1) is 15.5. The minimum absolute atomic E-state index is 0.0194. The number of nitrogens with zero attached hydrogens (tertiary/aromatic N) is 3. The Hall–Kier alpha value is -1.90. The van der Waals surface area contributed by atoms with Crippen LogP contribution in [0.3, 0.4) is 0 Å². The van der Waals surface area contributed by atoms with Gasteiger partial charge in [-0.05, 0) is 38.1 Å². The van der Waals surface area contributed by atoms with Crippen LogP contribution in [0.5, 0.6) is 0 Å². The van der Waals surface area contributed by atoms with Crippen LogP contribution in [-0.2, 0) is 0 Å². The predicted octanol–water partition coefficient (Wildman–Crippen LogP) is 1.27. The number of aliphatic hydroxyl groups is 1. The molecule has 1 fully saturated rings. The zero-order chi connectivity index (χ0) is 15.2. The zero-order valence-electron chi connectivity index (χ0n) is 12.4. The highest BCUT2D eigenvalue weighted by Crippen LogP contribution is 2.24. The maximum atomic E-state index is 11.8. The van der Waals surface area contributed by atoms with Crippen LogP contribution in [0.2, 0.25) is 0 Å². The number of ketones is 1. The summed E-state index contributed by atoms with van der Waals surface area (Å²) in [7, 11) is 0. The maximum absolute atomic E-state index is 11.8. The van der Waals surface area contributed by atoms with Crippen molar-refractivity contribution in [2.75, 3.05) is 44.2 Å². The topological polar surface area (TPSA) is 67.6 Å². The summed E-state index contributed by atoms with van der Waals surface area (Å²) in [5.74, 6) is 0.0194. The van der Waals surface area contributed by atoms with Gasteiger partial charge in [-0.25, -0.2) is 0 Å². The molecule has 1 aliphatic heterocycles. The van der Waals surface area contributed by atoms with Crippen LogP contribution < -0.4 is 4.90 Å². The molecule has 1 aromatic rings. The molecule has 5 nitrogen and oxygen atoms in total. The Kier molecular flexibility index (Phi) is 5.32. The van der Waals surface area contributed by atoms with Gasteiger partial charge in [-0.3, -0.25) is 9.69 Å². The number of carbonyl (C=O) groups is 1. The second kappa shape index (κ2) is 7.21. The second-order valence-electron chi connectivity index (χ2n) is 5.31. The standard InChI is InChI=1S/C16H21N3O2/c1-13(21)15-4-3-14(12-17)11-16(15)19-6-2-5-18(7-8-19)9-10-20/h3-4,11,20H,2,5-10H2,1H3. The summed E-state index contributed by atoms with van der Waals surface area (Å²) >= 11 is 0. The Morgan fingerprint density at radius 3 is 2.81 bits per heavy atom. The van der Waals surface area contributed by atoms with Crippen LogP contribution in [0.1, 0.15) is 29.3 Å². The van der Waals surface area contributed by atoms with Crippen LogP contribution in [0, 0.1) is 11.3 Å². The summed E-state index contributed by atoms with van der Waals surface area (Å²) in [6, 6.07) is 7.37. The van der Waals surface area contributed by atoms with Crippen molar-refractivity contribution in [2.24, 2.45) is 0 Å². The lowest BCUT2D eigenvalue weighted by Crippen LogP contribution is -2.33. The number of hydrogen-bond donors (Lipinski definition) is 1. The van der Waals surface area contributed by atoms with E-state index in [0.29, 0.717) is 17.7 Å². The summed E-state index contributed by atoms with van der Waals surface area (Å²) in [6.45, 7) is 5.88. The van der Waals surface area contributed by atoms with Crippen molar-refractivity contribution >= 4 is 11.5 Å². The fourth-order valence-electron chi connectivity index (χ4n) is 2.74. The van der Waals surface area contributed by atoms with Gasteiger partial charge in [-0.15, -0.1) is 0 Å².